The second-order valence-corrected chi connectivity index (χ2v) is 4.84. The molecule has 16 heavy (non-hydrogen) atoms. The van der Waals surface area contributed by atoms with Gasteiger partial charge in [0.25, 0.3) is 0 Å². The average molecular weight is 227 g/mol. The second kappa shape index (κ2) is 8.04. The molecule has 1 heterocycles. The Bertz CT molecular complexity index is 165. The van der Waals surface area contributed by atoms with Gasteiger partial charge in [0.1, 0.15) is 0 Å². The lowest BCUT2D eigenvalue weighted by Gasteiger charge is -2.37. The number of hydrogen-bond donors (Lipinski definition) is 1. The normalized spacial score (nSPS) is 21.2. The lowest BCUT2D eigenvalue weighted by molar-refractivity contribution is 0.0999. The van der Waals surface area contributed by atoms with Crippen molar-refractivity contribution in [3.63, 3.8) is 0 Å². The highest BCUT2D eigenvalue weighted by Crippen LogP contribution is 2.08. The predicted molar refractivity (Wildman–Crippen MR) is 70.9 cm³/mol. The molecule has 1 atom stereocenters. The highest BCUT2D eigenvalue weighted by Gasteiger charge is 2.19. The molecular formula is C13H29N3. The molecule has 3 heteroatoms. The van der Waals surface area contributed by atoms with Crippen molar-refractivity contribution in [3.05, 3.63) is 0 Å². The number of nitrogens with one attached hydrogen (secondary N) is 1. The van der Waals surface area contributed by atoms with E-state index in [1.54, 1.807) is 0 Å². The van der Waals surface area contributed by atoms with Gasteiger partial charge in [0.15, 0.2) is 0 Å². The van der Waals surface area contributed by atoms with Gasteiger partial charge in [-0.05, 0) is 39.4 Å². The SMILES string of the molecule is CCNCCCN1CCN(C(C)CC)CC1. The molecule has 1 unspecified atom stereocenters. The largest absolute Gasteiger partial charge is 0.317 e. The van der Waals surface area contributed by atoms with Crippen LogP contribution in [0.3, 0.4) is 0 Å². The lowest BCUT2D eigenvalue weighted by Crippen LogP contribution is -2.49. The van der Waals surface area contributed by atoms with Gasteiger partial charge in [-0.2, -0.15) is 0 Å². The van der Waals surface area contributed by atoms with E-state index in [9.17, 15) is 0 Å². The van der Waals surface area contributed by atoms with Crippen molar-refractivity contribution in [2.75, 3.05) is 45.8 Å². The number of nitrogens with zero attached hydrogens (tertiary/aromatic N) is 2. The van der Waals surface area contributed by atoms with E-state index < -0.39 is 0 Å². The number of piperazine rings is 1. The van der Waals surface area contributed by atoms with Gasteiger partial charge in [-0.1, -0.05) is 13.8 Å². The molecule has 1 saturated heterocycles. The summed E-state index contributed by atoms with van der Waals surface area (Å²) in [5, 5.41) is 3.39. The van der Waals surface area contributed by atoms with E-state index in [4.69, 9.17) is 0 Å². The maximum atomic E-state index is 3.39. The molecule has 0 aliphatic carbocycles. The highest BCUT2D eigenvalue weighted by atomic mass is 15.3. The van der Waals surface area contributed by atoms with Crippen LogP contribution in [0.15, 0.2) is 0 Å². The summed E-state index contributed by atoms with van der Waals surface area (Å²) in [5.41, 5.74) is 0. The molecule has 96 valence electrons. The van der Waals surface area contributed by atoms with Crippen LogP contribution in [0.25, 0.3) is 0 Å². The maximum Gasteiger partial charge on any atom is 0.0113 e. The summed E-state index contributed by atoms with van der Waals surface area (Å²) in [7, 11) is 0. The van der Waals surface area contributed by atoms with Crippen molar-refractivity contribution >= 4 is 0 Å². The molecule has 3 nitrogen and oxygen atoms in total. The second-order valence-electron chi connectivity index (χ2n) is 4.84. The van der Waals surface area contributed by atoms with Gasteiger partial charge in [0, 0.05) is 32.2 Å². The fourth-order valence-corrected chi connectivity index (χ4v) is 2.29. The summed E-state index contributed by atoms with van der Waals surface area (Å²) >= 11 is 0. The Morgan fingerprint density at radius 3 is 2.38 bits per heavy atom. The third kappa shape index (κ3) is 4.81. The van der Waals surface area contributed by atoms with E-state index in [0.29, 0.717) is 0 Å². The van der Waals surface area contributed by atoms with Gasteiger partial charge in [0.05, 0.1) is 0 Å². The Morgan fingerprint density at radius 2 is 1.81 bits per heavy atom. The van der Waals surface area contributed by atoms with Crippen molar-refractivity contribution in [2.24, 2.45) is 0 Å². The van der Waals surface area contributed by atoms with Crippen LogP contribution in [0.5, 0.6) is 0 Å². The monoisotopic (exact) mass is 227 g/mol. The van der Waals surface area contributed by atoms with Gasteiger partial charge in [-0.15, -0.1) is 0 Å². The predicted octanol–water partition coefficient (Wildman–Crippen LogP) is 1.40. The van der Waals surface area contributed by atoms with Gasteiger partial charge in [-0.25, -0.2) is 0 Å². The number of rotatable bonds is 7. The van der Waals surface area contributed by atoms with E-state index in [1.807, 2.05) is 0 Å². The summed E-state index contributed by atoms with van der Waals surface area (Å²) in [6, 6.07) is 0.768. The fraction of sp³-hybridized carbons (Fsp3) is 1.00. The van der Waals surface area contributed by atoms with Crippen molar-refractivity contribution in [3.8, 4) is 0 Å². The molecule has 1 fully saturated rings. The Hall–Kier alpha value is -0.120. The van der Waals surface area contributed by atoms with E-state index in [-0.39, 0.29) is 0 Å². The van der Waals surface area contributed by atoms with Crippen LogP contribution in [0.2, 0.25) is 0 Å². The molecule has 1 N–H and O–H groups in total. The fourth-order valence-electron chi connectivity index (χ4n) is 2.29. The van der Waals surface area contributed by atoms with Crippen molar-refractivity contribution in [1.29, 1.82) is 0 Å². The van der Waals surface area contributed by atoms with Crippen LogP contribution in [-0.2, 0) is 0 Å². The topological polar surface area (TPSA) is 18.5 Å². The summed E-state index contributed by atoms with van der Waals surface area (Å²) in [6.07, 6.45) is 2.57. The smallest absolute Gasteiger partial charge is 0.0113 e. The minimum Gasteiger partial charge on any atom is -0.317 e. The van der Waals surface area contributed by atoms with Crippen molar-refractivity contribution in [1.82, 2.24) is 15.1 Å². The van der Waals surface area contributed by atoms with Crippen molar-refractivity contribution < 1.29 is 0 Å². The quantitative estimate of drug-likeness (QED) is 0.663. The molecule has 0 saturated carbocycles. The minimum atomic E-state index is 0.768. The Labute approximate surface area is 101 Å². The first kappa shape index (κ1) is 13.9. The third-order valence-corrected chi connectivity index (χ3v) is 3.70. The Morgan fingerprint density at radius 1 is 1.12 bits per heavy atom. The molecule has 0 spiro atoms. The Kier molecular flexibility index (Phi) is 7.01. The molecule has 0 amide bonds. The standard InChI is InChI=1S/C13H29N3/c1-4-13(3)16-11-9-15(10-12-16)8-6-7-14-5-2/h13-14H,4-12H2,1-3H3. The van der Waals surface area contributed by atoms with Gasteiger partial charge >= 0.3 is 0 Å². The maximum absolute atomic E-state index is 3.39. The first-order chi connectivity index (χ1) is 7.77. The zero-order chi connectivity index (χ0) is 11.8. The third-order valence-electron chi connectivity index (χ3n) is 3.70. The first-order valence-corrected chi connectivity index (χ1v) is 6.95. The average Bonchev–Trinajstić information content (AvgIpc) is 2.34. The van der Waals surface area contributed by atoms with Gasteiger partial charge in [-0.3, -0.25) is 4.90 Å². The summed E-state index contributed by atoms with van der Waals surface area (Å²) in [5.74, 6) is 0. The molecule has 0 radical (unpaired) electrons. The van der Waals surface area contributed by atoms with E-state index in [2.05, 4.69) is 35.9 Å². The molecule has 0 bridgehead atoms. The van der Waals surface area contributed by atoms with Gasteiger partial charge in [0.2, 0.25) is 0 Å². The van der Waals surface area contributed by atoms with E-state index in [1.165, 1.54) is 52.1 Å². The molecule has 1 aliphatic heterocycles. The van der Waals surface area contributed by atoms with Crippen molar-refractivity contribution in [2.45, 2.75) is 39.7 Å². The van der Waals surface area contributed by atoms with Crippen LogP contribution < -0.4 is 5.32 Å². The van der Waals surface area contributed by atoms with E-state index >= 15 is 0 Å². The minimum absolute atomic E-state index is 0.768. The molecule has 0 aromatic heterocycles. The van der Waals surface area contributed by atoms with Crippen LogP contribution >= 0.6 is 0 Å². The zero-order valence-electron chi connectivity index (χ0n) is 11.3. The molecule has 0 aromatic carbocycles. The summed E-state index contributed by atoms with van der Waals surface area (Å²) < 4.78 is 0. The van der Waals surface area contributed by atoms with Crippen LogP contribution in [-0.4, -0.2) is 61.7 Å². The molecule has 1 aliphatic rings. The molecule has 1 rings (SSSR count). The summed E-state index contributed by atoms with van der Waals surface area (Å²) in [4.78, 5) is 5.23. The first-order valence-electron chi connectivity index (χ1n) is 6.95. The lowest BCUT2D eigenvalue weighted by atomic mass is 10.2. The highest BCUT2D eigenvalue weighted by molar-refractivity contribution is 4.75. The number of hydrogen-bond acceptors (Lipinski definition) is 3. The van der Waals surface area contributed by atoms with Crippen LogP contribution in [0.4, 0.5) is 0 Å². The van der Waals surface area contributed by atoms with Crippen LogP contribution in [0, 0.1) is 0 Å². The molecular weight excluding hydrogens is 198 g/mol. The Balaban J connectivity index is 2.07. The molecule has 0 aromatic rings. The van der Waals surface area contributed by atoms with Crippen LogP contribution in [0.1, 0.15) is 33.6 Å². The summed E-state index contributed by atoms with van der Waals surface area (Å²) in [6.45, 7) is 15.4. The zero-order valence-corrected chi connectivity index (χ0v) is 11.3. The van der Waals surface area contributed by atoms with Gasteiger partial charge < -0.3 is 10.2 Å². The van der Waals surface area contributed by atoms with E-state index in [0.717, 1.165) is 12.6 Å².